The molecule has 0 amide bonds. The summed E-state index contributed by atoms with van der Waals surface area (Å²) in [6, 6.07) is 67.3. The molecule has 11 aromatic rings. The van der Waals surface area contributed by atoms with Crippen molar-refractivity contribution in [1.29, 1.82) is 0 Å². The minimum atomic E-state index is -3.28. The molecule has 0 saturated heterocycles. The van der Waals surface area contributed by atoms with Crippen LogP contribution in [0.2, 0.25) is 0 Å². The normalized spacial score (nSPS) is 18.2. The van der Waals surface area contributed by atoms with E-state index in [2.05, 4.69) is 268 Å². The number of hydrogen-bond acceptors (Lipinski definition) is 3. The van der Waals surface area contributed by atoms with Crippen LogP contribution < -0.4 is 20.7 Å². The average molecular weight is 1030 g/mol. The van der Waals surface area contributed by atoms with E-state index in [9.17, 15) is 0 Å². The van der Waals surface area contributed by atoms with Gasteiger partial charge in [-0.1, -0.05) is 235 Å². The van der Waals surface area contributed by atoms with E-state index in [-0.39, 0.29) is 32.5 Å². The predicted octanol–water partition coefficient (Wildman–Crippen LogP) is 15.0. The Morgan fingerprint density at radius 2 is 0.615 bits per heavy atom. The first-order chi connectivity index (χ1) is 37.1. The molecule has 0 N–H and O–H groups in total. The maximum absolute atomic E-state index is 5.65. The second kappa shape index (κ2) is 16.3. The standard InChI is InChI=1S/C72H71N5Si/c1-67(2)42-70(7,8)57-39-47(32-35-54(57)67)78(48-33-36-55-58(40-48)71(9,10)43-68(55,3)4,49-34-37-56-59(41-49)72(11,12)44-69(56,5)6)46-23-21-22-45(38-46)64-73-65(76-60-28-17-13-24-50(60)51-25-14-18-29-61(51)76)75-66(74-64)77-62-30-19-15-26-52(62)53-27-16-20-31-63(53)77/h13-41H,42-44H2,1-12H3. The molecule has 3 aliphatic carbocycles. The smallest absolute Gasteiger partial charge is 0.240 e. The second-order valence-corrected chi connectivity index (χ2v) is 31.3. The van der Waals surface area contributed by atoms with Crippen molar-refractivity contribution in [2.75, 3.05) is 0 Å². The summed E-state index contributed by atoms with van der Waals surface area (Å²) < 4.78 is 4.48. The molecule has 0 saturated carbocycles. The summed E-state index contributed by atoms with van der Waals surface area (Å²) in [5.74, 6) is 1.80. The molecule has 14 rings (SSSR count). The summed E-state index contributed by atoms with van der Waals surface area (Å²) in [4.78, 5) is 16.8. The molecule has 0 aliphatic heterocycles. The van der Waals surface area contributed by atoms with Crippen molar-refractivity contribution in [1.82, 2.24) is 24.1 Å². The van der Waals surface area contributed by atoms with Crippen molar-refractivity contribution in [3.63, 3.8) is 0 Å². The number of hydrogen-bond donors (Lipinski definition) is 0. The minimum absolute atomic E-state index is 0.00201. The van der Waals surface area contributed by atoms with E-state index >= 15 is 0 Å². The first-order valence-corrected chi connectivity index (χ1v) is 30.4. The van der Waals surface area contributed by atoms with Crippen molar-refractivity contribution in [2.24, 2.45) is 0 Å². The van der Waals surface area contributed by atoms with Crippen LogP contribution in [0.15, 0.2) is 176 Å². The average Bonchev–Trinajstić information content (AvgIpc) is 4.27. The maximum atomic E-state index is 5.65. The third-order valence-electron chi connectivity index (χ3n) is 19.1. The molecule has 0 spiro atoms. The predicted molar refractivity (Wildman–Crippen MR) is 330 cm³/mol. The zero-order chi connectivity index (χ0) is 54.1. The first kappa shape index (κ1) is 48.9. The van der Waals surface area contributed by atoms with Crippen molar-refractivity contribution in [2.45, 2.75) is 135 Å². The fraction of sp³-hybridized carbons (Fsp3) is 0.292. The Balaban J connectivity index is 1.10. The third-order valence-corrected chi connectivity index (χ3v) is 23.8. The van der Waals surface area contributed by atoms with Crippen LogP contribution in [0.1, 0.15) is 136 Å². The van der Waals surface area contributed by atoms with E-state index < -0.39 is 8.07 Å². The van der Waals surface area contributed by atoms with Crippen LogP contribution in [-0.4, -0.2) is 32.2 Å². The lowest BCUT2D eigenvalue weighted by Gasteiger charge is -2.37. The van der Waals surface area contributed by atoms with Crippen LogP contribution in [0.4, 0.5) is 0 Å². The van der Waals surface area contributed by atoms with E-state index in [0.717, 1.165) is 68.4 Å². The van der Waals surface area contributed by atoms with E-state index in [0.29, 0.717) is 17.7 Å². The van der Waals surface area contributed by atoms with Gasteiger partial charge in [0.25, 0.3) is 0 Å². The summed E-state index contributed by atoms with van der Waals surface area (Å²) in [5, 5.41) is 10.2. The van der Waals surface area contributed by atoms with Gasteiger partial charge in [0.2, 0.25) is 11.9 Å². The molecule has 0 bridgehead atoms. The van der Waals surface area contributed by atoms with Crippen LogP contribution in [-0.2, 0) is 32.5 Å². The molecular weight excluding hydrogens is 963 g/mol. The van der Waals surface area contributed by atoms with E-state index in [1.807, 2.05) is 0 Å². The third kappa shape index (κ3) is 7.00. The van der Waals surface area contributed by atoms with Gasteiger partial charge >= 0.3 is 0 Å². The highest BCUT2D eigenvalue weighted by atomic mass is 28.3. The molecule has 5 nitrogen and oxygen atoms in total. The van der Waals surface area contributed by atoms with Crippen LogP contribution in [0, 0.1) is 0 Å². The van der Waals surface area contributed by atoms with Crippen molar-refractivity contribution in [3.8, 4) is 23.3 Å². The Hall–Kier alpha value is -7.41. The maximum Gasteiger partial charge on any atom is 0.240 e. The van der Waals surface area contributed by atoms with Gasteiger partial charge in [-0.25, -0.2) is 0 Å². The second-order valence-electron chi connectivity index (χ2n) is 27.4. The van der Waals surface area contributed by atoms with Gasteiger partial charge in [0.05, 0.1) is 22.1 Å². The van der Waals surface area contributed by atoms with Gasteiger partial charge in [-0.2, -0.15) is 15.0 Å². The highest BCUT2D eigenvalue weighted by Crippen LogP contribution is 2.52. The van der Waals surface area contributed by atoms with E-state index in [1.165, 1.54) is 54.1 Å². The number of fused-ring (bicyclic) bond motifs is 9. The van der Waals surface area contributed by atoms with Gasteiger partial charge < -0.3 is 0 Å². The Bertz CT molecular complexity index is 3900. The fourth-order valence-corrected chi connectivity index (χ4v) is 21.3. The minimum Gasteiger partial charge on any atom is -0.278 e. The first-order valence-electron chi connectivity index (χ1n) is 28.4. The Morgan fingerprint density at radius 1 is 0.308 bits per heavy atom. The largest absolute Gasteiger partial charge is 0.278 e. The lowest BCUT2D eigenvalue weighted by Crippen LogP contribution is -2.75. The zero-order valence-electron chi connectivity index (χ0n) is 47.6. The number of para-hydroxylation sites is 4. The summed E-state index contributed by atoms with van der Waals surface area (Å²) in [6.45, 7) is 29.5. The van der Waals surface area contributed by atoms with E-state index in [1.54, 1.807) is 0 Å². The summed E-state index contributed by atoms with van der Waals surface area (Å²) in [7, 11) is -3.28. The van der Waals surface area contributed by atoms with Crippen molar-refractivity contribution < 1.29 is 0 Å². The fourth-order valence-electron chi connectivity index (χ4n) is 16.5. The number of benzene rings is 8. The van der Waals surface area contributed by atoms with Crippen molar-refractivity contribution in [3.05, 3.63) is 209 Å². The molecule has 8 aromatic carbocycles. The molecule has 0 fully saturated rings. The Labute approximate surface area is 461 Å². The van der Waals surface area contributed by atoms with Crippen LogP contribution in [0.5, 0.6) is 0 Å². The molecule has 3 aromatic heterocycles. The topological polar surface area (TPSA) is 48.5 Å². The molecule has 0 unspecified atom stereocenters. The Kier molecular flexibility index (Phi) is 10.2. The number of rotatable bonds is 7. The highest BCUT2D eigenvalue weighted by molar-refractivity contribution is 7.20. The van der Waals surface area contributed by atoms with E-state index in [4.69, 9.17) is 15.0 Å². The lowest BCUT2D eigenvalue weighted by atomic mass is 9.82. The van der Waals surface area contributed by atoms with Gasteiger partial charge in [-0.3, -0.25) is 9.13 Å². The van der Waals surface area contributed by atoms with Gasteiger partial charge in [0, 0.05) is 27.1 Å². The lowest BCUT2D eigenvalue weighted by molar-refractivity contribution is 0.403. The van der Waals surface area contributed by atoms with Crippen LogP contribution in [0.3, 0.4) is 0 Å². The van der Waals surface area contributed by atoms with Crippen molar-refractivity contribution >= 4 is 72.4 Å². The monoisotopic (exact) mass is 1030 g/mol. The molecule has 78 heavy (non-hydrogen) atoms. The summed E-state index contributed by atoms with van der Waals surface area (Å²) in [5.41, 5.74) is 14.2. The zero-order valence-corrected chi connectivity index (χ0v) is 48.6. The molecular formula is C72H71N5Si. The van der Waals surface area contributed by atoms with Crippen LogP contribution >= 0.6 is 0 Å². The van der Waals surface area contributed by atoms with Gasteiger partial charge in [0.15, 0.2) is 13.9 Å². The van der Waals surface area contributed by atoms with Gasteiger partial charge in [0.1, 0.15) is 0 Å². The molecule has 3 heterocycles. The number of nitrogens with zero attached hydrogens (tertiary/aromatic N) is 5. The molecule has 3 aliphatic rings. The molecule has 0 atom stereocenters. The molecule has 0 radical (unpaired) electrons. The van der Waals surface area contributed by atoms with Gasteiger partial charge in [-0.15, -0.1) is 0 Å². The summed E-state index contributed by atoms with van der Waals surface area (Å²) >= 11 is 0. The number of aromatic nitrogens is 5. The Morgan fingerprint density at radius 3 is 0.962 bits per heavy atom. The van der Waals surface area contributed by atoms with Gasteiger partial charge in [-0.05, 0) is 130 Å². The summed E-state index contributed by atoms with van der Waals surface area (Å²) in [6.07, 6.45) is 3.32. The van der Waals surface area contributed by atoms with Crippen LogP contribution in [0.25, 0.3) is 66.9 Å². The SMILES string of the molecule is CC1(C)CC(C)(C)c2cc([Si](c3cccc(-c4nc(-n5c6ccccc6c6ccccc65)nc(-n5c6ccccc6c6ccccc65)n4)c3)(c3ccc4c(c3)C(C)(C)CC4(C)C)c3ccc4c(c3)C(C)(C)CC4(C)C)ccc21. The molecule has 388 valence electrons. The quantitative estimate of drug-likeness (QED) is 0.118. The highest BCUT2D eigenvalue weighted by Gasteiger charge is 2.50. The molecule has 6 heteroatoms.